The molecule has 4 aromatic heterocycles. The maximum atomic E-state index is 13.2. The van der Waals surface area contributed by atoms with Gasteiger partial charge in [-0.1, -0.05) is 19.3 Å². The number of hydrogen-bond donors (Lipinski definition) is 2. The summed E-state index contributed by atoms with van der Waals surface area (Å²) in [5, 5.41) is 18.2. The first-order valence-corrected chi connectivity index (χ1v) is 18.1. The van der Waals surface area contributed by atoms with Gasteiger partial charge in [0.1, 0.15) is 11.4 Å². The fourth-order valence-corrected chi connectivity index (χ4v) is 6.93. The number of hydrogen-bond acceptors (Lipinski definition) is 8. The Hall–Kier alpha value is -4.56. The van der Waals surface area contributed by atoms with Crippen LogP contribution in [0.15, 0.2) is 61.7 Å². The molecular formula is C38H50F2N8O4. The highest BCUT2D eigenvalue weighted by Gasteiger charge is 2.35. The third-order valence-corrected chi connectivity index (χ3v) is 9.99. The third-order valence-electron chi connectivity index (χ3n) is 9.99. The lowest BCUT2D eigenvalue weighted by atomic mass is 9.86. The highest BCUT2D eigenvalue weighted by Crippen LogP contribution is 2.36. The van der Waals surface area contributed by atoms with Crippen LogP contribution in [0.3, 0.4) is 0 Å². The van der Waals surface area contributed by atoms with Crippen molar-refractivity contribution in [2.75, 3.05) is 40.3 Å². The summed E-state index contributed by atoms with van der Waals surface area (Å²) < 4.78 is 30.4. The van der Waals surface area contributed by atoms with E-state index in [9.17, 15) is 18.4 Å². The van der Waals surface area contributed by atoms with Gasteiger partial charge in [0, 0.05) is 76.9 Å². The van der Waals surface area contributed by atoms with Gasteiger partial charge in [-0.25, -0.2) is 28.3 Å². The Morgan fingerprint density at radius 2 is 1.15 bits per heavy atom. The van der Waals surface area contributed by atoms with Crippen molar-refractivity contribution in [2.24, 2.45) is 11.8 Å². The third kappa shape index (κ3) is 11.7. The second kappa shape index (κ2) is 18.3. The van der Waals surface area contributed by atoms with E-state index in [4.69, 9.17) is 10.2 Å². The summed E-state index contributed by atoms with van der Waals surface area (Å²) in [5.41, 5.74) is 2.84. The van der Waals surface area contributed by atoms with E-state index in [-0.39, 0.29) is 24.0 Å². The fourth-order valence-electron chi connectivity index (χ4n) is 6.93. The smallest absolute Gasteiger partial charge is 0.335 e. The predicted molar refractivity (Wildman–Crippen MR) is 193 cm³/mol. The van der Waals surface area contributed by atoms with Crippen LogP contribution in [0.4, 0.5) is 8.78 Å². The lowest BCUT2D eigenvalue weighted by Gasteiger charge is -2.31. The van der Waals surface area contributed by atoms with E-state index in [1.54, 1.807) is 18.7 Å². The minimum atomic E-state index is -2.48. The number of carboxylic acids is 2. The molecule has 0 radical (unpaired) electrons. The van der Waals surface area contributed by atoms with E-state index >= 15 is 0 Å². The maximum Gasteiger partial charge on any atom is 0.335 e. The Bertz CT molecular complexity index is 1750. The molecule has 0 spiro atoms. The highest BCUT2D eigenvalue weighted by molar-refractivity contribution is 5.89. The van der Waals surface area contributed by atoms with Crippen molar-refractivity contribution < 1.29 is 28.6 Å². The normalized spacial score (nSPS) is 16.5. The summed E-state index contributed by atoms with van der Waals surface area (Å²) >= 11 is 0. The minimum absolute atomic E-state index is 0.00120. The molecule has 0 amide bonds. The summed E-state index contributed by atoms with van der Waals surface area (Å²) in [6, 6.07) is 5.99. The van der Waals surface area contributed by atoms with Crippen molar-refractivity contribution in [3.05, 3.63) is 72.8 Å². The Kier molecular flexibility index (Phi) is 13.6. The number of aromatic carboxylic acids is 2. The van der Waals surface area contributed by atoms with Crippen LogP contribution in [0.2, 0.25) is 0 Å². The summed E-state index contributed by atoms with van der Waals surface area (Å²) in [6.07, 6.45) is 18.3. The number of alkyl halides is 2. The van der Waals surface area contributed by atoms with Crippen molar-refractivity contribution in [3.63, 3.8) is 0 Å². The van der Waals surface area contributed by atoms with Crippen LogP contribution in [0.5, 0.6) is 0 Å². The summed E-state index contributed by atoms with van der Waals surface area (Å²) in [6.45, 7) is 5.34. The SMILES string of the molecule is CN(CCn1cnc(-c2cc(C(=O)O)ccn2)c1)CC1CCC(F)(F)CC1.CN(CCn1cnc(-c2cc(C(=O)O)ccn2)c1)CC1CCCCC1. The van der Waals surface area contributed by atoms with Crippen LogP contribution in [0.1, 0.15) is 78.5 Å². The first-order valence-electron chi connectivity index (χ1n) is 18.1. The van der Waals surface area contributed by atoms with E-state index < -0.39 is 17.9 Å². The van der Waals surface area contributed by atoms with E-state index in [1.807, 2.05) is 28.6 Å². The molecule has 6 rings (SSSR count). The number of aromatic nitrogens is 6. The van der Waals surface area contributed by atoms with Gasteiger partial charge in [0.2, 0.25) is 5.92 Å². The number of imidazole rings is 2. The Balaban J connectivity index is 0.000000202. The van der Waals surface area contributed by atoms with E-state index in [0.29, 0.717) is 48.1 Å². The molecule has 2 N–H and O–H groups in total. The summed E-state index contributed by atoms with van der Waals surface area (Å²) in [5.74, 6) is -3.25. The lowest BCUT2D eigenvalue weighted by molar-refractivity contribution is -0.0483. The van der Waals surface area contributed by atoms with Crippen LogP contribution in [0, 0.1) is 11.8 Å². The number of carboxylic acid groups (broad SMARTS) is 2. The second-order valence-corrected chi connectivity index (χ2v) is 14.3. The van der Waals surface area contributed by atoms with Crippen molar-refractivity contribution in [1.82, 2.24) is 38.9 Å². The first-order chi connectivity index (χ1) is 24.9. The summed E-state index contributed by atoms with van der Waals surface area (Å²) in [4.78, 5) is 43.8. The number of likely N-dealkylation sites (N-methyl/N-ethyl adjacent to an activating group) is 2. The largest absolute Gasteiger partial charge is 0.478 e. The number of rotatable bonds is 14. The van der Waals surface area contributed by atoms with Gasteiger partial charge in [0.15, 0.2) is 0 Å². The maximum absolute atomic E-state index is 13.2. The first kappa shape index (κ1) is 38.7. The molecule has 2 fully saturated rings. The van der Waals surface area contributed by atoms with Crippen LogP contribution in [-0.4, -0.2) is 107 Å². The Labute approximate surface area is 303 Å². The molecule has 2 saturated carbocycles. The van der Waals surface area contributed by atoms with Gasteiger partial charge in [-0.3, -0.25) is 9.97 Å². The quantitative estimate of drug-likeness (QED) is 0.147. The number of carbonyl (C=O) groups is 2. The molecule has 2 aliphatic carbocycles. The Morgan fingerprint density at radius 1 is 0.712 bits per heavy atom. The molecule has 0 unspecified atom stereocenters. The molecule has 0 saturated heterocycles. The van der Waals surface area contributed by atoms with Crippen LogP contribution >= 0.6 is 0 Å². The Morgan fingerprint density at radius 3 is 1.60 bits per heavy atom. The molecule has 0 atom stereocenters. The zero-order valence-corrected chi connectivity index (χ0v) is 30.1. The zero-order chi connectivity index (χ0) is 37.1. The van der Waals surface area contributed by atoms with Gasteiger partial charge in [0.25, 0.3) is 0 Å². The molecule has 4 heterocycles. The van der Waals surface area contributed by atoms with Crippen molar-refractivity contribution in [1.29, 1.82) is 0 Å². The predicted octanol–water partition coefficient (Wildman–Crippen LogP) is 6.56. The molecule has 0 aromatic carbocycles. The minimum Gasteiger partial charge on any atom is -0.478 e. The number of halogens is 2. The monoisotopic (exact) mass is 720 g/mol. The highest BCUT2D eigenvalue weighted by atomic mass is 19.3. The fraction of sp³-hybridized carbons (Fsp3) is 0.526. The number of nitrogens with zero attached hydrogens (tertiary/aromatic N) is 8. The van der Waals surface area contributed by atoms with Crippen LogP contribution in [-0.2, 0) is 13.1 Å². The van der Waals surface area contributed by atoms with Crippen molar-refractivity contribution in [3.8, 4) is 22.8 Å². The van der Waals surface area contributed by atoms with Gasteiger partial charge in [-0.05, 0) is 75.9 Å². The van der Waals surface area contributed by atoms with Crippen molar-refractivity contribution in [2.45, 2.75) is 76.8 Å². The molecule has 4 aromatic rings. The topological polar surface area (TPSA) is 142 Å². The zero-order valence-electron chi connectivity index (χ0n) is 30.1. The average molecular weight is 721 g/mol. The van der Waals surface area contributed by atoms with Gasteiger partial charge < -0.3 is 29.1 Å². The van der Waals surface area contributed by atoms with Gasteiger partial charge in [0.05, 0.1) is 35.2 Å². The van der Waals surface area contributed by atoms with Gasteiger partial charge in [-0.2, -0.15) is 0 Å². The second-order valence-electron chi connectivity index (χ2n) is 14.3. The molecule has 280 valence electrons. The van der Waals surface area contributed by atoms with E-state index in [1.165, 1.54) is 69.2 Å². The molecule has 0 bridgehead atoms. The average Bonchev–Trinajstić information content (AvgIpc) is 3.82. The molecule has 14 heteroatoms. The molecule has 2 aliphatic rings. The molecule has 12 nitrogen and oxygen atoms in total. The van der Waals surface area contributed by atoms with Crippen LogP contribution < -0.4 is 0 Å². The van der Waals surface area contributed by atoms with E-state index in [0.717, 1.165) is 32.1 Å². The van der Waals surface area contributed by atoms with Gasteiger partial charge >= 0.3 is 11.9 Å². The number of pyridine rings is 2. The molecule has 0 aliphatic heterocycles. The lowest BCUT2D eigenvalue weighted by Crippen LogP contribution is -2.33. The molecular weight excluding hydrogens is 670 g/mol. The van der Waals surface area contributed by atoms with E-state index in [2.05, 4.69) is 36.8 Å². The van der Waals surface area contributed by atoms with Gasteiger partial charge in [-0.15, -0.1) is 0 Å². The molecule has 52 heavy (non-hydrogen) atoms. The van der Waals surface area contributed by atoms with Crippen molar-refractivity contribution >= 4 is 11.9 Å². The standard InChI is InChI=1S/C19H24F2N4O2.C19H26N4O2/c1-24(11-14-2-5-19(20,21)6-3-14)8-9-25-12-17(23-13-25)16-10-15(18(26)27)4-7-22-16;1-22(12-15-5-3-2-4-6-15)9-10-23-13-18(21-14-23)17-11-16(19(24)25)7-8-20-17/h4,7,10,12-14H,2-3,5-6,8-9,11H2,1H3,(H,26,27);7-8,11,13-15H,2-6,9-10,12H2,1H3,(H,24,25). The van der Waals surface area contributed by atoms with Crippen LogP contribution in [0.25, 0.3) is 22.8 Å². The summed E-state index contributed by atoms with van der Waals surface area (Å²) in [7, 11) is 4.19.